The Hall–Kier alpha value is -3.41. The van der Waals surface area contributed by atoms with Crippen LogP contribution in [0.2, 0.25) is 0 Å². The summed E-state index contributed by atoms with van der Waals surface area (Å²) in [6.07, 6.45) is 1.37. The van der Waals surface area contributed by atoms with Gasteiger partial charge in [0.25, 0.3) is 0 Å². The molecule has 1 aliphatic rings. The van der Waals surface area contributed by atoms with Crippen molar-refractivity contribution in [2.24, 2.45) is 0 Å². The number of benzene rings is 2. The Morgan fingerprint density at radius 2 is 1.68 bits per heavy atom. The molecule has 0 saturated carbocycles. The summed E-state index contributed by atoms with van der Waals surface area (Å²) in [6.45, 7) is 0.820. The van der Waals surface area contributed by atoms with E-state index in [9.17, 15) is 24.4 Å². The largest absolute Gasteiger partial charge is 0.475 e. The summed E-state index contributed by atoms with van der Waals surface area (Å²) >= 11 is 0. The van der Waals surface area contributed by atoms with Crippen molar-refractivity contribution in [1.29, 1.82) is 0 Å². The molecule has 2 aromatic rings. The summed E-state index contributed by atoms with van der Waals surface area (Å²) < 4.78 is 10.3. The van der Waals surface area contributed by atoms with Gasteiger partial charge in [-0.2, -0.15) is 0 Å². The van der Waals surface area contributed by atoms with E-state index in [2.05, 4.69) is 10.6 Å². The number of alkyl carbamates (subject to hydrolysis) is 1. The molecule has 1 aliphatic heterocycles. The number of ether oxygens (including phenoxy) is 2. The maximum Gasteiger partial charge on any atom is 0.475 e. The van der Waals surface area contributed by atoms with E-state index in [1.165, 1.54) is 4.90 Å². The van der Waals surface area contributed by atoms with Crippen LogP contribution < -0.4 is 10.6 Å². The highest BCUT2D eigenvalue weighted by Gasteiger charge is 2.39. The van der Waals surface area contributed by atoms with Gasteiger partial charge in [0.1, 0.15) is 18.7 Å². The molecule has 0 bridgehead atoms. The standard InChI is InChI=1S/C27H36BN3O7/c1-37-17-9-15-24(28(35)36)30-25(32)23-14-8-16-31(23)26(33)22(18-20-10-4-2-5-11-20)29-27(34)38-19-21-12-6-3-7-13-21/h2-7,10-13,22-24,35-36H,8-9,14-19H2,1H3,(H,29,34)(H,30,32)/t22-,23-,24-/m0/s1. The minimum atomic E-state index is -1.74. The van der Waals surface area contributed by atoms with Crippen molar-refractivity contribution < 1.29 is 33.9 Å². The van der Waals surface area contributed by atoms with Crippen LogP contribution in [0.1, 0.15) is 36.8 Å². The zero-order valence-electron chi connectivity index (χ0n) is 21.6. The molecule has 3 rings (SSSR count). The number of rotatable bonds is 13. The third kappa shape index (κ3) is 8.86. The normalized spacial score (nSPS) is 16.4. The van der Waals surface area contributed by atoms with Crippen molar-refractivity contribution in [3.8, 4) is 0 Å². The molecule has 38 heavy (non-hydrogen) atoms. The molecular weight excluding hydrogens is 489 g/mol. The Bertz CT molecular complexity index is 1030. The van der Waals surface area contributed by atoms with Gasteiger partial charge in [-0.25, -0.2) is 4.79 Å². The lowest BCUT2D eigenvalue weighted by molar-refractivity contribution is -0.140. The van der Waals surface area contributed by atoms with Gasteiger partial charge in [-0.3, -0.25) is 9.59 Å². The molecule has 0 radical (unpaired) electrons. The fraction of sp³-hybridized carbons (Fsp3) is 0.444. The van der Waals surface area contributed by atoms with Crippen LogP contribution in [0.4, 0.5) is 4.79 Å². The number of carbonyl (C=O) groups excluding carboxylic acids is 3. The smallest absolute Gasteiger partial charge is 0.445 e. The van der Waals surface area contributed by atoms with Gasteiger partial charge < -0.3 is 35.1 Å². The number of likely N-dealkylation sites (tertiary alicyclic amines) is 1. The van der Waals surface area contributed by atoms with Crippen molar-refractivity contribution in [1.82, 2.24) is 15.5 Å². The van der Waals surface area contributed by atoms with Crippen LogP contribution in [0.25, 0.3) is 0 Å². The molecule has 1 fully saturated rings. The first-order chi connectivity index (χ1) is 18.4. The van der Waals surface area contributed by atoms with Crippen LogP contribution in [-0.2, 0) is 32.1 Å². The van der Waals surface area contributed by atoms with E-state index < -0.39 is 43.1 Å². The predicted octanol–water partition coefficient (Wildman–Crippen LogP) is 1.44. The van der Waals surface area contributed by atoms with Crippen molar-refractivity contribution in [3.05, 3.63) is 71.8 Å². The Morgan fingerprint density at radius 1 is 1.03 bits per heavy atom. The van der Waals surface area contributed by atoms with Crippen LogP contribution in [0.15, 0.2) is 60.7 Å². The van der Waals surface area contributed by atoms with E-state index in [1.807, 2.05) is 60.7 Å². The highest BCUT2D eigenvalue weighted by molar-refractivity contribution is 6.43. The van der Waals surface area contributed by atoms with E-state index in [0.29, 0.717) is 38.8 Å². The van der Waals surface area contributed by atoms with Gasteiger partial charge in [0.15, 0.2) is 0 Å². The van der Waals surface area contributed by atoms with Gasteiger partial charge in [0.05, 0.1) is 5.94 Å². The van der Waals surface area contributed by atoms with Gasteiger partial charge in [0.2, 0.25) is 11.8 Å². The molecule has 3 atom stereocenters. The molecule has 3 amide bonds. The first kappa shape index (κ1) is 29.2. The molecule has 2 aromatic carbocycles. The molecular formula is C27H36BN3O7. The van der Waals surface area contributed by atoms with Gasteiger partial charge in [0, 0.05) is 26.7 Å². The second-order valence-electron chi connectivity index (χ2n) is 9.30. The minimum absolute atomic E-state index is 0.0572. The van der Waals surface area contributed by atoms with E-state index in [-0.39, 0.29) is 13.0 Å². The number of nitrogens with zero attached hydrogens (tertiary/aromatic N) is 1. The first-order valence-corrected chi connectivity index (χ1v) is 12.9. The molecule has 0 aliphatic carbocycles. The van der Waals surface area contributed by atoms with E-state index in [1.54, 1.807) is 7.11 Å². The summed E-state index contributed by atoms with van der Waals surface area (Å²) in [6, 6.07) is 16.8. The lowest BCUT2D eigenvalue weighted by Gasteiger charge is -2.30. The molecule has 10 nitrogen and oxygen atoms in total. The van der Waals surface area contributed by atoms with Crippen molar-refractivity contribution in [2.45, 2.75) is 56.7 Å². The fourth-order valence-electron chi connectivity index (χ4n) is 4.48. The average molecular weight is 525 g/mol. The topological polar surface area (TPSA) is 137 Å². The summed E-state index contributed by atoms with van der Waals surface area (Å²) in [7, 11) is -0.198. The molecule has 1 heterocycles. The Morgan fingerprint density at radius 3 is 2.32 bits per heavy atom. The first-order valence-electron chi connectivity index (χ1n) is 12.9. The fourth-order valence-corrected chi connectivity index (χ4v) is 4.48. The van der Waals surface area contributed by atoms with Gasteiger partial charge in [-0.1, -0.05) is 60.7 Å². The summed E-state index contributed by atoms with van der Waals surface area (Å²) in [5, 5.41) is 24.8. The number of nitrogens with one attached hydrogen (secondary N) is 2. The maximum atomic E-state index is 13.7. The SMILES string of the molecule is COCCC[C@H](NC(=O)[C@@H]1CCCN1C(=O)[C@H](Cc1ccccc1)NC(=O)OCc1ccccc1)B(O)O. The number of amides is 3. The summed E-state index contributed by atoms with van der Waals surface area (Å²) in [5.41, 5.74) is 1.66. The second-order valence-corrected chi connectivity index (χ2v) is 9.30. The molecule has 0 spiro atoms. The van der Waals surface area contributed by atoms with Crippen LogP contribution >= 0.6 is 0 Å². The van der Waals surface area contributed by atoms with Gasteiger partial charge >= 0.3 is 13.2 Å². The van der Waals surface area contributed by atoms with Crippen LogP contribution in [-0.4, -0.2) is 78.3 Å². The van der Waals surface area contributed by atoms with Gasteiger partial charge in [-0.15, -0.1) is 0 Å². The molecule has 204 valence electrons. The third-order valence-corrected chi connectivity index (χ3v) is 6.48. The summed E-state index contributed by atoms with van der Waals surface area (Å²) in [5.74, 6) is -1.75. The number of methoxy groups -OCH3 is 1. The van der Waals surface area contributed by atoms with Crippen molar-refractivity contribution in [2.75, 3.05) is 20.3 Å². The van der Waals surface area contributed by atoms with E-state index in [0.717, 1.165) is 11.1 Å². The number of hydrogen-bond donors (Lipinski definition) is 4. The van der Waals surface area contributed by atoms with E-state index >= 15 is 0 Å². The monoisotopic (exact) mass is 525 g/mol. The zero-order valence-corrected chi connectivity index (χ0v) is 21.6. The van der Waals surface area contributed by atoms with Gasteiger partial charge in [-0.05, 0) is 36.8 Å². The van der Waals surface area contributed by atoms with E-state index in [4.69, 9.17) is 9.47 Å². The minimum Gasteiger partial charge on any atom is -0.445 e. The van der Waals surface area contributed by atoms with Crippen LogP contribution in [0.3, 0.4) is 0 Å². The maximum absolute atomic E-state index is 13.7. The van der Waals surface area contributed by atoms with Crippen molar-refractivity contribution >= 4 is 25.0 Å². The lowest BCUT2D eigenvalue weighted by atomic mass is 9.76. The Kier molecular flexibility index (Phi) is 11.6. The third-order valence-electron chi connectivity index (χ3n) is 6.48. The molecule has 11 heteroatoms. The highest BCUT2D eigenvalue weighted by Crippen LogP contribution is 2.20. The van der Waals surface area contributed by atoms with Crippen LogP contribution in [0.5, 0.6) is 0 Å². The lowest BCUT2D eigenvalue weighted by Crippen LogP contribution is -2.56. The quantitative estimate of drug-likeness (QED) is 0.229. The number of carbonyl (C=O) groups is 3. The van der Waals surface area contributed by atoms with Crippen molar-refractivity contribution in [3.63, 3.8) is 0 Å². The molecule has 0 aromatic heterocycles. The molecule has 4 N–H and O–H groups in total. The Labute approximate surface area is 223 Å². The highest BCUT2D eigenvalue weighted by atomic mass is 16.5. The molecule has 0 unspecified atom stereocenters. The molecule has 1 saturated heterocycles. The zero-order chi connectivity index (χ0) is 27.3. The van der Waals surface area contributed by atoms with Crippen LogP contribution in [0, 0.1) is 0 Å². The predicted molar refractivity (Wildman–Crippen MR) is 142 cm³/mol. The number of hydrogen-bond acceptors (Lipinski definition) is 7. The summed E-state index contributed by atoms with van der Waals surface area (Å²) in [4.78, 5) is 40.9. The average Bonchev–Trinajstić information content (AvgIpc) is 3.42. The second kappa shape index (κ2) is 15.1. The Balaban J connectivity index is 1.69.